The summed E-state index contributed by atoms with van der Waals surface area (Å²) < 4.78 is 32.4. The van der Waals surface area contributed by atoms with E-state index in [1.54, 1.807) is 30.5 Å². The first-order chi connectivity index (χ1) is 14.3. The standard InChI is InChI=1S/C23H19BrN2O3S/c1-16-11-18(12-17(2)23(16)29-15-20-5-3-4-10-26-20)13-22(14-25)30(27,28)21-8-6-19(24)7-9-21/h3-13H,15H2,1-2H3/b22-13+. The molecule has 0 aliphatic heterocycles. The fraction of sp³-hybridized carbons (Fsp3) is 0.130. The van der Waals surface area contributed by atoms with Crippen LogP contribution in [-0.4, -0.2) is 13.4 Å². The van der Waals surface area contributed by atoms with Crippen LogP contribution in [0.25, 0.3) is 6.08 Å². The van der Waals surface area contributed by atoms with E-state index >= 15 is 0 Å². The van der Waals surface area contributed by atoms with Crippen molar-refractivity contribution < 1.29 is 13.2 Å². The second-order valence-corrected chi connectivity index (χ2v) is 9.51. The van der Waals surface area contributed by atoms with Gasteiger partial charge in [0.1, 0.15) is 23.3 Å². The molecule has 1 heterocycles. The van der Waals surface area contributed by atoms with Crippen LogP contribution < -0.4 is 4.74 Å². The second-order valence-electron chi connectivity index (χ2n) is 6.67. The number of ether oxygens (including phenoxy) is 1. The molecule has 0 aliphatic rings. The van der Waals surface area contributed by atoms with Gasteiger partial charge in [0, 0.05) is 10.7 Å². The maximum absolute atomic E-state index is 12.8. The third kappa shape index (κ3) is 4.96. The van der Waals surface area contributed by atoms with Crippen LogP contribution in [0.4, 0.5) is 0 Å². The molecule has 0 spiro atoms. The monoisotopic (exact) mass is 482 g/mol. The number of hydrogen-bond acceptors (Lipinski definition) is 5. The predicted molar refractivity (Wildman–Crippen MR) is 119 cm³/mol. The van der Waals surface area contributed by atoms with Crippen molar-refractivity contribution in [1.82, 2.24) is 4.98 Å². The maximum atomic E-state index is 12.8. The molecule has 3 rings (SSSR count). The summed E-state index contributed by atoms with van der Waals surface area (Å²) in [6.07, 6.45) is 3.10. The quantitative estimate of drug-likeness (QED) is 0.440. The van der Waals surface area contributed by atoms with Crippen molar-refractivity contribution in [2.24, 2.45) is 0 Å². The van der Waals surface area contributed by atoms with Gasteiger partial charge in [-0.1, -0.05) is 22.0 Å². The summed E-state index contributed by atoms with van der Waals surface area (Å²) in [5.74, 6) is 0.715. The summed E-state index contributed by atoms with van der Waals surface area (Å²) in [5, 5.41) is 9.50. The molecule has 1 aromatic heterocycles. The lowest BCUT2D eigenvalue weighted by molar-refractivity contribution is 0.297. The normalized spacial score (nSPS) is 11.7. The predicted octanol–water partition coefficient (Wildman–Crippen LogP) is 5.38. The third-order valence-electron chi connectivity index (χ3n) is 4.39. The van der Waals surface area contributed by atoms with Crippen LogP contribution in [-0.2, 0) is 16.4 Å². The molecular formula is C23H19BrN2O3S. The number of aromatic nitrogens is 1. The average Bonchev–Trinajstić information content (AvgIpc) is 2.72. The number of hydrogen-bond donors (Lipinski definition) is 0. The Morgan fingerprint density at radius 3 is 2.37 bits per heavy atom. The van der Waals surface area contributed by atoms with E-state index in [0.29, 0.717) is 17.9 Å². The lowest BCUT2D eigenvalue weighted by Crippen LogP contribution is -2.04. The third-order valence-corrected chi connectivity index (χ3v) is 6.60. The first-order valence-corrected chi connectivity index (χ1v) is 11.4. The van der Waals surface area contributed by atoms with E-state index in [-0.39, 0.29) is 9.80 Å². The Hall–Kier alpha value is -2.95. The summed E-state index contributed by atoms with van der Waals surface area (Å²) >= 11 is 3.28. The Morgan fingerprint density at radius 2 is 1.80 bits per heavy atom. The molecule has 30 heavy (non-hydrogen) atoms. The number of pyridine rings is 1. The van der Waals surface area contributed by atoms with Crippen molar-refractivity contribution in [3.05, 3.63) is 92.6 Å². The van der Waals surface area contributed by atoms with Gasteiger partial charge >= 0.3 is 0 Å². The number of sulfone groups is 1. The van der Waals surface area contributed by atoms with Crippen molar-refractivity contribution in [3.8, 4) is 11.8 Å². The number of allylic oxidation sites excluding steroid dienone is 1. The molecule has 0 aliphatic carbocycles. The molecule has 2 aromatic carbocycles. The topological polar surface area (TPSA) is 80.0 Å². The lowest BCUT2D eigenvalue weighted by atomic mass is 10.1. The van der Waals surface area contributed by atoms with Gasteiger partial charge in [0.05, 0.1) is 10.6 Å². The molecule has 0 fully saturated rings. The highest BCUT2D eigenvalue weighted by molar-refractivity contribution is 9.10. The van der Waals surface area contributed by atoms with Crippen LogP contribution in [0.15, 0.2) is 75.1 Å². The minimum Gasteiger partial charge on any atom is -0.487 e. The first-order valence-electron chi connectivity index (χ1n) is 9.07. The Bertz CT molecular complexity index is 1210. The van der Waals surface area contributed by atoms with Gasteiger partial charge < -0.3 is 4.74 Å². The van der Waals surface area contributed by atoms with Gasteiger partial charge in [0.15, 0.2) is 0 Å². The molecule has 7 heteroatoms. The lowest BCUT2D eigenvalue weighted by Gasteiger charge is -2.13. The van der Waals surface area contributed by atoms with Crippen LogP contribution in [0, 0.1) is 25.2 Å². The highest BCUT2D eigenvalue weighted by Crippen LogP contribution is 2.28. The van der Waals surface area contributed by atoms with E-state index in [1.807, 2.05) is 38.1 Å². The summed E-state index contributed by atoms with van der Waals surface area (Å²) in [7, 11) is -3.91. The molecule has 0 unspecified atom stereocenters. The largest absolute Gasteiger partial charge is 0.487 e. The van der Waals surface area contributed by atoms with Crippen LogP contribution in [0.1, 0.15) is 22.4 Å². The zero-order chi connectivity index (χ0) is 21.7. The van der Waals surface area contributed by atoms with Crippen LogP contribution in [0.2, 0.25) is 0 Å². The number of aryl methyl sites for hydroxylation is 2. The molecule has 3 aromatic rings. The van der Waals surface area contributed by atoms with E-state index in [2.05, 4.69) is 20.9 Å². The summed E-state index contributed by atoms with van der Waals surface area (Å²) in [6, 6.07) is 17.2. The number of benzene rings is 2. The van der Waals surface area contributed by atoms with Gasteiger partial charge in [-0.2, -0.15) is 5.26 Å². The SMILES string of the molecule is Cc1cc(/C=C(\C#N)S(=O)(=O)c2ccc(Br)cc2)cc(C)c1OCc1ccccn1. The zero-order valence-corrected chi connectivity index (χ0v) is 18.9. The molecule has 0 N–H and O–H groups in total. The summed E-state index contributed by atoms with van der Waals surface area (Å²) in [4.78, 5) is 4.00. The van der Waals surface area contributed by atoms with E-state index in [1.165, 1.54) is 18.2 Å². The Morgan fingerprint density at radius 1 is 1.13 bits per heavy atom. The molecule has 0 atom stereocenters. The Balaban J connectivity index is 1.90. The number of nitriles is 1. The molecule has 152 valence electrons. The van der Waals surface area contributed by atoms with Gasteiger partial charge in [0.2, 0.25) is 9.84 Å². The molecule has 0 saturated heterocycles. The average molecular weight is 483 g/mol. The van der Waals surface area contributed by atoms with E-state index in [4.69, 9.17) is 4.74 Å². The number of halogens is 1. The van der Waals surface area contributed by atoms with E-state index in [0.717, 1.165) is 21.3 Å². The number of rotatable bonds is 6. The zero-order valence-electron chi connectivity index (χ0n) is 16.5. The minimum atomic E-state index is -3.91. The maximum Gasteiger partial charge on any atom is 0.216 e. The van der Waals surface area contributed by atoms with E-state index < -0.39 is 9.84 Å². The molecule has 5 nitrogen and oxygen atoms in total. The number of nitrogens with zero attached hydrogens (tertiary/aromatic N) is 2. The van der Waals surface area contributed by atoms with E-state index in [9.17, 15) is 13.7 Å². The first kappa shape index (κ1) is 21.8. The van der Waals surface area contributed by atoms with Gasteiger partial charge in [-0.3, -0.25) is 4.98 Å². The molecule has 0 bridgehead atoms. The van der Waals surface area contributed by atoms with Crippen LogP contribution >= 0.6 is 15.9 Å². The highest BCUT2D eigenvalue weighted by atomic mass is 79.9. The van der Waals surface area contributed by atoms with Gasteiger partial charge in [-0.15, -0.1) is 0 Å². The summed E-state index contributed by atoms with van der Waals surface area (Å²) in [5.41, 5.74) is 3.12. The van der Waals surface area contributed by atoms with Gasteiger partial charge in [-0.25, -0.2) is 8.42 Å². The highest BCUT2D eigenvalue weighted by Gasteiger charge is 2.21. The van der Waals surface area contributed by atoms with Gasteiger partial charge in [-0.05, 0) is 85.1 Å². The second kappa shape index (κ2) is 9.24. The molecule has 0 saturated carbocycles. The smallest absolute Gasteiger partial charge is 0.216 e. The Kier molecular flexibility index (Phi) is 6.70. The van der Waals surface area contributed by atoms with Crippen LogP contribution in [0.5, 0.6) is 5.75 Å². The minimum absolute atomic E-state index is 0.0715. The van der Waals surface area contributed by atoms with Crippen molar-refractivity contribution in [3.63, 3.8) is 0 Å². The molecule has 0 radical (unpaired) electrons. The van der Waals surface area contributed by atoms with Crippen molar-refractivity contribution in [2.75, 3.05) is 0 Å². The van der Waals surface area contributed by atoms with Crippen LogP contribution in [0.3, 0.4) is 0 Å². The van der Waals surface area contributed by atoms with Gasteiger partial charge in [0.25, 0.3) is 0 Å². The Labute approximate surface area is 184 Å². The van der Waals surface area contributed by atoms with Crippen molar-refractivity contribution >= 4 is 31.8 Å². The fourth-order valence-electron chi connectivity index (χ4n) is 2.99. The fourth-order valence-corrected chi connectivity index (χ4v) is 4.41. The van der Waals surface area contributed by atoms with Crippen molar-refractivity contribution in [2.45, 2.75) is 25.3 Å². The van der Waals surface area contributed by atoms with Crippen molar-refractivity contribution in [1.29, 1.82) is 5.26 Å². The molecule has 0 amide bonds. The summed E-state index contributed by atoms with van der Waals surface area (Å²) in [6.45, 7) is 4.10. The molecular weight excluding hydrogens is 464 g/mol.